The van der Waals surface area contributed by atoms with Gasteiger partial charge in [-0.15, -0.1) is 23.2 Å². The quantitative estimate of drug-likeness (QED) is 0.637. The van der Waals surface area contributed by atoms with E-state index in [0.29, 0.717) is 44.7 Å². The van der Waals surface area contributed by atoms with Crippen LogP contribution in [0.1, 0.15) is 45.4 Å². The van der Waals surface area contributed by atoms with Crippen LogP contribution in [0.25, 0.3) is 0 Å². The monoisotopic (exact) mass is 392 g/mol. The molecule has 1 heterocycles. The number of nitrogens with two attached hydrogens (primary N) is 1. The largest absolute Gasteiger partial charge is 0.393 e. The summed E-state index contributed by atoms with van der Waals surface area (Å²) in [5.41, 5.74) is 5.81. The highest BCUT2D eigenvalue weighted by atomic mass is 35.5. The third-order valence-electron chi connectivity index (χ3n) is 6.46. The first-order valence-corrected chi connectivity index (χ1v) is 10.3. The van der Waals surface area contributed by atoms with Gasteiger partial charge in [-0.1, -0.05) is 0 Å². The van der Waals surface area contributed by atoms with Gasteiger partial charge in [-0.2, -0.15) is 0 Å². The van der Waals surface area contributed by atoms with E-state index >= 15 is 0 Å². The lowest BCUT2D eigenvalue weighted by Crippen LogP contribution is -2.54. The molecule has 144 valence electrons. The van der Waals surface area contributed by atoms with Crippen molar-refractivity contribution in [3.8, 4) is 0 Å². The molecule has 25 heavy (non-hydrogen) atoms. The van der Waals surface area contributed by atoms with Gasteiger partial charge in [-0.05, 0) is 51.4 Å². The molecule has 0 spiro atoms. The molecule has 2 aliphatic carbocycles. The van der Waals surface area contributed by atoms with Crippen molar-refractivity contribution in [2.45, 2.75) is 73.9 Å². The molecule has 1 amide bonds. The summed E-state index contributed by atoms with van der Waals surface area (Å²) in [6.45, 7) is 3.20. The van der Waals surface area contributed by atoms with E-state index in [1.165, 1.54) is 0 Å². The molecule has 3 rings (SSSR count). The number of likely N-dealkylation sites (tertiary alicyclic amines) is 1. The topological polar surface area (TPSA) is 86.8 Å². The summed E-state index contributed by atoms with van der Waals surface area (Å²) >= 11 is 12.4. The summed E-state index contributed by atoms with van der Waals surface area (Å²) in [6.07, 6.45) is 3.49. The molecule has 2 saturated carbocycles. The molecule has 3 fully saturated rings. The molecule has 0 bridgehead atoms. The third kappa shape index (κ3) is 4.27. The SMILES string of the molecule is CC1(O)CC(C(=O)N2CCC([C@@H](N)C3CC(Cl)C(Cl)CC3O)CC2)C1. The van der Waals surface area contributed by atoms with Crippen molar-refractivity contribution in [2.75, 3.05) is 13.1 Å². The molecule has 0 aromatic carbocycles. The number of carbonyl (C=O) groups is 1. The fourth-order valence-corrected chi connectivity index (χ4v) is 5.41. The second-order valence-corrected chi connectivity index (χ2v) is 9.70. The van der Waals surface area contributed by atoms with E-state index in [1.807, 2.05) is 4.90 Å². The zero-order valence-corrected chi connectivity index (χ0v) is 16.3. The highest BCUT2D eigenvalue weighted by molar-refractivity contribution is 6.30. The smallest absolute Gasteiger partial charge is 0.225 e. The first-order valence-electron chi connectivity index (χ1n) is 9.41. The first kappa shape index (κ1) is 19.7. The molecule has 0 radical (unpaired) electrons. The van der Waals surface area contributed by atoms with E-state index < -0.39 is 11.7 Å². The van der Waals surface area contributed by atoms with Crippen molar-refractivity contribution in [3.05, 3.63) is 0 Å². The average Bonchev–Trinajstić information content (AvgIpc) is 2.55. The number of hydrogen-bond donors (Lipinski definition) is 3. The van der Waals surface area contributed by atoms with Crippen molar-refractivity contribution in [3.63, 3.8) is 0 Å². The number of carbonyl (C=O) groups excluding carboxylic acids is 1. The number of piperidine rings is 1. The minimum Gasteiger partial charge on any atom is -0.393 e. The molecule has 4 unspecified atom stereocenters. The third-order valence-corrected chi connectivity index (χ3v) is 7.56. The number of hydrogen-bond acceptors (Lipinski definition) is 4. The molecule has 0 aromatic rings. The lowest BCUT2D eigenvalue weighted by Gasteiger charge is -2.45. The van der Waals surface area contributed by atoms with Crippen LogP contribution in [0, 0.1) is 17.8 Å². The van der Waals surface area contributed by atoms with Crippen molar-refractivity contribution in [1.29, 1.82) is 0 Å². The molecule has 5 atom stereocenters. The van der Waals surface area contributed by atoms with Crippen LogP contribution in [0.5, 0.6) is 0 Å². The van der Waals surface area contributed by atoms with Crippen molar-refractivity contribution in [2.24, 2.45) is 23.5 Å². The Morgan fingerprint density at radius 1 is 1.20 bits per heavy atom. The van der Waals surface area contributed by atoms with Gasteiger partial charge in [0.25, 0.3) is 0 Å². The predicted molar refractivity (Wildman–Crippen MR) is 98.6 cm³/mol. The van der Waals surface area contributed by atoms with Gasteiger partial charge >= 0.3 is 0 Å². The average molecular weight is 393 g/mol. The second-order valence-electron chi connectivity index (χ2n) is 8.58. The maximum absolute atomic E-state index is 12.5. The molecule has 1 aliphatic heterocycles. The summed E-state index contributed by atoms with van der Waals surface area (Å²) in [5.74, 6) is 0.413. The molecule has 7 heteroatoms. The van der Waals surface area contributed by atoms with Crippen LogP contribution < -0.4 is 5.73 Å². The number of nitrogens with zero attached hydrogens (tertiary/aromatic N) is 1. The van der Waals surface area contributed by atoms with Crippen LogP contribution in [0.3, 0.4) is 0 Å². The van der Waals surface area contributed by atoms with Crippen LogP contribution in [-0.2, 0) is 4.79 Å². The number of rotatable bonds is 3. The summed E-state index contributed by atoms with van der Waals surface area (Å²) < 4.78 is 0. The van der Waals surface area contributed by atoms with E-state index in [0.717, 1.165) is 12.8 Å². The maximum atomic E-state index is 12.5. The number of amides is 1. The van der Waals surface area contributed by atoms with Gasteiger partial charge < -0.3 is 20.8 Å². The number of alkyl halides is 2. The molecule has 3 aliphatic rings. The van der Waals surface area contributed by atoms with Gasteiger partial charge in [0.1, 0.15) is 0 Å². The highest BCUT2D eigenvalue weighted by Crippen LogP contribution is 2.40. The van der Waals surface area contributed by atoms with Gasteiger partial charge in [0.05, 0.1) is 22.5 Å². The molecular weight excluding hydrogens is 363 g/mol. The van der Waals surface area contributed by atoms with Crippen molar-refractivity contribution >= 4 is 29.1 Å². The van der Waals surface area contributed by atoms with Gasteiger partial charge in [-0.25, -0.2) is 0 Å². The molecule has 4 N–H and O–H groups in total. The van der Waals surface area contributed by atoms with Crippen LogP contribution >= 0.6 is 23.2 Å². The molecule has 5 nitrogen and oxygen atoms in total. The van der Waals surface area contributed by atoms with Crippen LogP contribution in [0.4, 0.5) is 0 Å². The molecule has 0 aromatic heterocycles. The van der Waals surface area contributed by atoms with E-state index in [1.54, 1.807) is 6.92 Å². The number of halogens is 2. The Hall–Kier alpha value is -0.0700. The van der Waals surface area contributed by atoms with Crippen LogP contribution in [-0.4, -0.2) is 62.6 Å². The maximum Gasteiger partial charge on any atom is 0.225 e. The van der Waals surface area contributed by atoms with E-state index in [2.05, 4.69) is 0 Å². The van der Waals surface area contributed by atoms with Crippen molar-refractivity contribution in [1.82, 2.24) is 4.90 Å². The number of aliphatic hydroxyl groups excluding tert-OH is 1. The standard InChI is InChI=1S/C18H30Cl2N2O3/c1-18(25)8-11(9-18)17(24)22-4-2-10(3-5-22)16(21)12-6-13(19)14(20)7-15(12)23/h10-16,23,25H,2-9,21H2,1H3/t11?,12?,13?,14?,15?,16-,18?/m1/s1. The summed E-state index contributed by atoms with van der Waals surface area (Å²) in [6, 6.07) is -0.109. The Balaban J connectivity index is 1.49. The Kier molecular flexibility index (Phi) is 5.91. The minimum absolute atomic E-state index is 0.0218. The number of aliphatic hydroxyl groups is 2. The van der Waals surface area contributed by atoms with E-state index in [4.69, 9.17) is 28.9 Å². The van der Waals surface area contributed by atoms with Gasteiger partial charge in [0.15, 0.2) is 0 Å². The van der Waals surface area contributed by atoms with E-state index in [9.17, 15) is 15.0 Å². The predicted octanol–water partition coefficient (Wildman–Crippen LogP) is 1.70. The lowest BCUT2D eigenvalue weighted by atomic mass is 9.71. The Morgan fingerprint density at radius 3 is 2.32 bits per heavy atom. The fourth-order valence-electron chi connectivity index (χ4n) is 4.82. The summed E-state index contributed by atoms with van der Waals surface area (Å²) in [7, 11) is 0. The summed E-state index contributed by atoms with van der Waals surface area (Å²) in [4.78, 5) is 14.4. The minimum atomic E-state index is -0.670. The van der Waals surface area contributed by atoms with Crippen LogP contribution in [0.15, 0.2) is 0 Å². The van der Waals surface area contributed by atoms with Gasteiger partial charge in [0.2, 0.25) is 5.91 Å². The highest BCUT2D eigenvalue weighted by Gasteiger charge is 2.45. The van der Waals surface area contributed by atoms with Gasteiger partial charge in [0, 0.05) is 31.0 Å². The van der Waals surface area contributed by atoms with E-state index in [-0.39, 0.29) is 34.5 Å². The normalized spacial score (nSPS) is 44.2. The molecular formula is C18H30Cl2N2O3. The zero-order valence-electron chi connectivity index (χ0n) is 14.8. The van der Waals surface area contributed by atoms with Crippen molar-refractivity contribution < 1.29 is 15.0 Å². The first-order chi connectivity index (χ1) is 11.7. The Bertz CT molecular complexity index is 489. The Labute approximate surface area is 159 Å². The molecule has 1 saturated heterocycles. The van der Waals surface area contributed by atoms with Crippen LogP contribution in [0.2, 0.25) is 0 Å². The second kappa shape index (κ2) is 7.51. The zero-order chi connectivity index (χ0) is 18.4. The lowest BCUT2D eigenvalue weighted by molar-refractivity contribution is -0.151. The Morgan fingerprint density at radius 2 is 1.76 bits per heavy atom. The summed E-state index contributed by atoms with van der Waals surface area (Å²) in [5, 5.41) is 19.8. The van der Waals surface area contributed by atoms with Gasteiger partial charge in [-0.3, -0.25) is 4.79 Å². The fraction of sp³-hybridized carbons (Fsp3) is 0.944.